The van der Waals surface area contributed by atoms with Crippen molar-refractivity contribution in [1.82, 2.24) is 0 Å². The maximum Gasteiger partial charge on any atom is 0.418 e. The van der Waals surface area contributed by atoms with Crippen molar-refractivity contribution in [2.45, 2.75) is 12.6 Å². The highest BCUT2D eigenvalue weighted by atomic mass is 19.4. The summed E-state index contributed by atoms with van der Waals surface area (Å²) in [5.41, 5.74) is 0.125. The molecule has 0 aliphatic carbocycles. The van der Waals surface area contributed by atoms with E-state index >= 15 is 0 Å². The molecule has 152 valence electrons. The Balaban J connectivity index is 1.87. The summed E-state index contributed by atoms with van der Waals surface area (Å²) < 4.78 is 38.9. The summed E-state index contributed by atoms with van der Waals surface area (Å²) in [6.07, 6.45) is -4.31. The predicted molar refractivity (Wildman–Crippen MR) is 101 cm³/mol. The molecule has 0 bridgehead atoms. The van der Waals surface area contributed by atoms with Gasteiger partial charge in [0.05, 0.1) is 30.8 Å². The number of nitriles is 1. The number of likely N-dealkylation sites (N-methyl/N-ethyl adjacent to an activating group) is 1. The van der Waals surface area contributed by atoms with Gasteiger partial charge in [0.15, 0.2) is 13.1 Å². The van der Waals surface area contributed by atoms with Crippen molar-refractivity contribution >= 4 is 23.2 Å². The van der Waals surface area contributed by atoms with E-state index in [1.165, 1.54) is 18.2 Å². The fourth-order valence-corrected chi connectivity index (χ4v) is 2.65. The van der Waals surface area contributed by atoms with Crippen molar-refractivity contribution in [2.24, 2.45) is 0 Å². The van der Waals surface area contributed by atoms with Crippen LogP contribution in [-0.2, 0) is 22.2 Å². The zero-order valence-corrected chi connectivity index (χ0v) is 15.6. The van der Waals surface area contributed by atoms with Crippen molar-refractivity contribution in [2.75, 3.05) is 30.8 Å². The number of hydrogen-bond acceptors (Lipinski definition) is 3. The van der Waals surface area contributed by atoms with E-state index in [-0.39, 0.29) is 31.1 Å². The molecular weight excluding hydrogens is 385 g/mol. The summed E-state index contributed by atoms with van der Waals surface area (Å²) in [4.78, 5) is 24.7. The average Bonchev–Trinajstić information content (AvgIpc) is 2.62. The summed E-state index contributed by atoms with van der Waals surface area (Å²) in [7, 11) is 1.59. The number of alkyl halides is 3. The van der Waals surface area contributed by atoms with Crippen LogP contribution in [0.2, 0.25) is 0 Å². The molecule has 0 aromatic heterocycles. The van der Waals surface area contributed by atoms with Gasteiger partial charge in [-0.3, -0.25) is 9.59 Å². The first-order valence-electron chi connectivity index (χ1n) is 8.72. The topological polar surface area (TPSA) is 86.4 Å². The molecule has 3 N–H and O–H groups in total. The van der Waals surface area contributed by atoms with Crippen LogP contribution in [0.3, 0.4) is 0 Å². The van der Waals surface area contributed by atoms with Gasteiger partial charge in [-0.1, -0.05) is 24.3 Å². The number of hydrogen-bond donors (Lipinski definition) is 3. The number of anilines is 2. The van der Waals surface area contributed by atoms with Crippen molar-refractivity contribution in [1.29, 1.82) is 5.26 Å². The van der Waals surface area contributed by atoms with Crippen LogP contribution < -0.4 is 15.5 Å². The summed E-state index contributed by atoms with van der Waals surface area (Å²) in [5, 5.41) is 13.6. The van der Waals surface area contributed by atoms with Crippen LogP contribution in [0.4, 0.5) is 24.5 Å². The Morgan fingerprint density at radius 3 is 2.17 bits per heavy atom. The van der Waals surface area contributed by atoms with Gasteiger partial charge < -0.3 is 15.5 Å². The van der Waals surface area contributed by atoms with Gasteiger partial charge in [-0.15, -0.1) is 0 Å². The standard InChI is InChI=1S/C20H19F3N4O2/c1-27(12-18(28)25-15-8-6-14(7-9-15)10-11-24)13-19(29)26-17-5-3-2-4-16(17)20(21,22)23/h2-9H,10,12-13H2,1H3,(H,25,28)(H,26,29)/p+1. The molecule has 0 saturated carbocycles. The van der Waals surface area contributed by atoms with E-state index in [0.717, 1.165) is 11.6 Å². The Morgan fingerprint density at radius 1 is 1.00 bits per heavy atom. The molecule has 2 aromatic carbocycles. The van der Waals surface area contributed by atoms with Crippen molar-refractivity contribution in [3.05, 3.63) is 59.7 Å². The van der Waals surface area contributed by atoms with Gasteiger partial charge in [-0.25, -0.2) is 0 Å². The first kappa shape index (κ1) is 21.9. The first-order chi connectivity index (χ1) is 13.7. The van der Waals surface area contributed by atoms with E-state index in [4.69, 9.17) is 5.26 Å². The van der Waals surface area contributed by atoms with Gasteiger partial charge in [-0.2, -0.15) is 18.4 Å². The van der Waals surface area contributed by atoms with Crippen molar-refractivity contribution < 1.29 is 27.7 Å². The summed E-state index contributed by atoms with van der Waals surface area (Å²) in [6.45, 7) is -0.227. The SMILES string of the molecule is C[NH+](CC(=O)Nc1ccc(CC#N)cc1)CC(=O)Nc1ccccc1C(F)(F)F. The maximum atomic E-state index is 13.0. The van der Waals surface area contributed by atoms with Gasteiger partial charge in [-0.05, 0) is 29.8 Å². The van der Waals surface area contributed by atoms with Gasteiger partial charge in [0.2, 0.25) is 0 Å². The number of quaternary nitrogens is 1. The molecular formula is C20H20F3N4O2+. The Labute approximate surface area is 165 Å². The molecule has 0 aliphatic rings. The second-order valence-electron chi connectivity index (χ2n) is 6.48. The monoisotopic (exact) mass is 405 g/mol. The number of rotatable bonds is 7. The van der Waals surface area contributed by atoms with Crippen LogP contribution in [0.25, 0.3) is 0 Å². The van der Waals surface area contributed by atoms with Crippen molar-refractivity contribution in [3.63, 3.8) is 0 Å². The summed E-state index contributed by atoms with van der Waals surface area (Å²) in [5.74, 6) is -0.980. The number of nitrogens with one attached hydrogen (secondary N) is 3. The Kier molecular flexibility index (Phi) is 7.33. The predicted octanol–water partition coefficient (Wildman–Crippen LogP) is 1.86. The van der Waals surface area contributed by atoms with Gasteiger partial charge in [0.1, 0.15) is 0 Å². The summed E-state index contributed by atoms with van der Waals surface area (Å²) >= 11 is 0. The lowest BCUT2D eigenvalue weighted by Gasteiger charge is -2.16. The minimum absolute atomic E-state index is 0.0473. The van der Waals surface area contributed by atoms with E-state index < -0.39 is 17.6 Å². The molecule has 1 atom stereocenters. The fourth-order valence-electron chi connectivity index (χ4n) is 2.65. The number of nitrogens with zero attached hydrogens (tertiary/aromatic N) is 1. The lowest BCUT2D eigenvalue weighted by atomic mass is 10.1. The molecule has 0 aliphatic heterocycles. The molecule has 2 aromatic rings. The molecule has 2 amide bonds. The zero-order valence-electron chi connectivity index (χ0n) is 15.6. The lowest BCUT2D eigenvalue weighted by Crippen LogP contribution is -3.11. The molecule has 29 heavy (non-hydrogen) atoms. The van der Waals surface area contributed by atoms with Crippen LogP contribution in [0.5, 0.6) is 0 Å². The maximum absolute atomic E-state index is 13.0. The van der Waals surface area contributed by atoms with Gasteiger partial charge in [0, 0.05) is 5.69 Å². The molecule has 0 spiro atoms. The van der Waals surface area contributed by atoms with E-state index in [9.17, 15) is 22.8 Å². The second kappa shape index (κ2) is 9.71. The molecule has 9 heteroatoms. The molecule has 6 nitrogen and oxygen atoms in total. The van der Waals surface area contributed by atoms with Crippen LogP contribution >= 0.6 is 0 Å². The molecule has 1 unspecified atom stereocenters. The highest BCUT2D eigenvalue weighted by Gasteiger charge is 2.33. The highest BCUT2D eigenvalue weighted by molar-refractivity contribution is 5.93. The average molecular weight is 405 g/mol. The fraction of sp³-hybridized carbons (Fsp3) is 0.250. The largest absolute Gasteiger partial charge is 0.418 e. The van der Waals surface area contributed by atoms with E-state index in [0.29, 0.717) is 10.6 Å². The van der Waals surface area contributed by atoms with Crippen LogP contribution in [0.1, 0.15) is 11.1 Å². The minimum atomic E-state index is -4.58. The normalized spacial score (nSPS) is 12.0. The van der Waals surface area contributed by atoms with Gasteiger partial charge >= 0.3 is 6.18 Å². The Hall–Kier alpha value is -3.38. The second-order valence-corrected chi connectivity index (χ2v) is 6.48. The van der Waals surface area contributed by atoms with Crippen LogP contribution in [-0.4, -0.2) is 32.0 Å². The molecule has 2 rings (SSSR count). The molecule has 0 heterocycles. The van der Waals surface area contributed by atoms with Gasteiger partial charge in [0.25, 0.3) is 11.8 Å². The number of carbonyl (C=O) groups is 2. The molecule has 0 fully saturated rings. The van der Waals surface area contributed by atoms with Crippen molar-refractivity contribution in [3.8, 4) is 6.07 Å². The van der Waals surface area contributed by atoms with E-state index in [2.05, 4.69) is 10.6 Å². The quantitative estimate of drug-likeness (QED) is 0.657. The number of amides is 2. The zero-order chi connectivity index (χ0) is 21.4. The number of para-hydroxylation sites is 1. The van der Waals surface area contributed by atoms with Crippen LogP contribution in [0.15, 0.2) is 48.5 Å². The van der Waals surface area contributed by atoms with Crippen LogP contribution in [0, 0.1) is 11.3 Å². The highest BCUT2D eigenvalue weighted by Crippen LogP contribution is 2.34. The summed E-state index contributed by atoms with van der Waals surface area (Å²) in [6, 6.07) is 13.5. The third kappa shape index (κ3) is 6.93. The molecule has 0 saturated heterocycles. The van der Waals surface area contributed by atoms with E-state index in [1.54, 1.807) is 31.3 Å². The molecule has 0 radical (unpaired) electrons. The Morgan fingerprint density at radius 2 is 1.59 bits per heavy atom. The number of halogens is 3. The minimum Gasteiger partial charge on any atom is -0.322 e. The smallest absolute Gasteiger partial charge is 0.322 e. The lowest BCUT2D eigenvalue weighted by molar-refractivity contribution is -0.862. The Bertz CT molecular complexity index is 905. The number of carbonyl (C=O) groups excluding carboxylic acids is 2. The van der Waals surface area contributed by atoms with E-state index in [1.807, 2.05) is 6.07 Å². The number of benzene rings is 2. The first-order valence-corrected chi connectivity index (χ1v) is 8.72. The third-order valence-electron chi connectivity index (χ3n) is 3.95. The third-order valence-corrected chi connectivity index (χ3v) is 3.95.